The minimum Gasteiger partial charge on any atom is -0.393 e. The van der Waals surface area contributed by atoms with Gasteiger partial charge in [-0.05, 0) is 104 Å². The maximum absolute atomic E-state index is 12.0. The standard InChI is InChI=1S/C28H44O.C12H12N2O3/c1-19(2)20(3)9-10-22(5)26-15-16-27-23(8-7-17-28(26,27)6)12-13-24-18-25(29)14-11-21(24)4;1-2-12(8-6-4-3-5-7-8)9(15)13-11(17)14-10(12)16/h9-10,12-13,19-20,22,25-27,29H,4,7-8,11,14-18H2,1-3,5-6H3;3-7H,2H2,1H3,(H2,13,14,15,16,17)/b10-9+,23-12+,24-13-;/t20-,22+,25+,26+,27-,28+;/m0./s1. The Kier molecular flexibility index (Phi) is 11.7. The third-order valence-corrected chi connectivity index (χ3v) is 11.7. The van der Waals surface area contributed by atoms with Crippen LogP contribution in [0.2, 0.25) is 0 Å². The summed E-state index contributed by atoms with van der Waals surface area (Å²) in [5.74, 6) is 2.44. The van der Waals surface area contributed by atoms with E-state index in [4.69, 9.17) is 0 Å². The largest absolute Gasteiger partial charge is 0.393 e. The number of hydrogen-bond donors (Lipinski definition) is 3. The van der Waals surface area contributed by atoms with Gasteiger partial charge < -0.3 is 5.11 Å². The normalized spacial score (nSPS) is 30.9. The number of amides is 4. The van der Waals surface area contributed by atoms with E-state index in [2.05, 4.69) is 76.1 Å². The molecule has 1 heterocycles. The number of carbonyl (C=O) groups excluding carboxylic acids is 3. The third-order valence-electron chi connectivity index (χ3n) is 11.7. The number of aliphatic hydroxyl groups excluding tert-OH is 1. The number of barbiturate groups is 1. The quantitative estimate of drug-likeness (QED) is 0.209. The number of nitrogens with one attached hydrogen (secondary N) is 2. The van der Waals surface area contributed by atoms with E-state index in [-0.39, 0.29) is 6.10 Å². The molecule has 5 rings (SSSR count). The second-order valence-electron chi connectivity index (χ2n) is 14.7. The highest BCUT2D eigenvalue weighted by Gasteiger charge is 2.51. The van der Waals surface area contributed by atoms with E-state index in [0.717, 1.165) is 37.0 Å². The fraction of sp³-hybridized carbons (Fsp3) is 0.575. The van der Waals surface area contributed by atoms with Crippen molar-refractivity contribution in [3.05, 3.63) is 83.5 Å². The number of rotatable bonds is 7. The first-order chi connectivity index (χ1) is 21.8. The van der Waals surface area contributed by atoms with Crippen molar-refractivity contribution < 1.29 is 19.5 Å². The van der Waals surface area contributed by atoms with Crippen molar-refractivity contribution in [2.45, 2.75) is 111 Å². The molecule has 0 spiro atoms. The lowest BCUT2D eigenvalue weighted by Gasteiger charge is -2.44. The van der Waals surface area contributed by atoms with Crippen LogP contribution in [-0.2, 0) is 15.0 Å². The molecule has 0 bridgehead atoms. The van der Waals surface area contributed by atoms with Gasteiger partial charge in [0.2, 0.25) is 11.8 Å². The van der Waals surface area contributed by atoms with Gasteiger partial charge in [0.1, 0.15) is 0 Å². The molecule has 0 aromatic heterocycles. The van der Waals surface area contributed by atoms with Crippen LogP contribution in [0.3, 0.4) is 0 Å². The number of allylic oxidation sites excluding steroid dienone is 6. The van der Waals surface area contributed by atoms with Crippen LogP contribution in [0.4, 0.5) is 4.79 Å². The van der Waals surface area contributed by atoms with Gasteiger partial charge in [-0.25, -0.2) is 4.79 Å². The van der Waals surface area contributed by atoms with Crippen LogP contribution in [0.15, 0.2) is 77.9 Å². The molecule has 1 aliphatic heterocycles. The predicted octanol–water partition coefficient (Wildman–Crippen LogP) is 8.34. The molecule has 0 radical (unpaired) electrons. The summed E-state index contributed by atoms with van der Waals surface area (Å²) in [5, 5.41) is 14.3. The molecule has 250 valence electrons. The number of benzene rings is 1. The van der Waals surface area contributed by atoms with Gasteiger partial charge in [0.25, 0.3) is 0 Å². The summed E-state index contributed by atoms with van der Waals surface area (Å²) in [4.78, 5) is 35.0. The number of aliphatic hydroxyl groups is 1. The van der Waals surface area contributed by atoms with Crippen molar-refractivity contribution in [3.63, 3.8) is 0 Å². The Labute approximate surface area is 276 Å². The number of hydrogen-bond acceptors (Lipinski definition) is 4. The van der Waals surface area contributed by atoms with Gasteiger partial charge in [-0.2, -0.15) is 0 Å². The first-order valence-electron chi connectivity index (χ1n) is 17.5. The van der Waals surface area contributed by atoms with Crippen molar-refractivity contribution in [2.75, 3.05) is 0 Å². The van der Waals surface area contributed by atoms with Crippen molar-refractivity contribution >= 4 is 17.8 Å². The Bertz CT molecular complexity index is 1350. The van der Waals surface area contributed by atoms with Crippen molar-refractivity contribution in [1.29, 1.82) is 0 Å². The Balaban J connectivity index is 0.000000240. The molecule has 3 saturated carbocycles. The Morgan fingerprint density at radius 1 is 0.957 bits per heavy atom. The monoisotopic (exact) mass is 628 g/mol. The zero-order valence-electron chi connectivity index (χ0n) is 28.9. The molecule has 3 aliphatic carbocycles. The van der Waals surface area contributed by atoms with Crippen LogP contribution in [0.1, 0.15) is 105 Å². The minimum absolute atomic E-state index is 0.182. The summed E-state index contributed by atoms with van der Waals surface area (Å²) in [6.07, 6.45) is 19.1. The topological polar surface area (TPSA) is 95.5 Å². The highest BCUT2D eigenvalue weighted by atomic mass is 16.3. The molecule has 46 heavy (non-hydrogen) atoms. The highest BCUT2D eigenvalue weighted by Crippen LogP contribution is 2.59. The Morgan fingerprint density at radius 3 is 2.26 bits per heavy atom. The number of fused-ring (bicyclic) bond motifs is 1. The molecule has 4 fully saturated rings. The van der Waals surface area contributed by atoms with E-state index >= 15 is 0 Å². The van der Waals surface area contributed by atoms with E-state index in [9.17, 15) is 19.5 Å². The fourth-order valence-corrected chi connectivity index (χ4v) is 8.31. The number of imide groups is 2. The minimum atomic E-state index is -1.31. The molecule has 6 nitrogen and oxygen atoms in total. The van der Waals surface area contributed by atoms with E-state index < -0.39 is 23.3 Å². The Morgan fingerprint density at radius 2 is 1.63 bits per heavy atom. The van der Waals surface area contributed by atoms with Gasteiger partial charge >= 0.3 is 6.03 Å². The maximum atomic E-state index is 12.0. The van der Waals surface area contributed by atoms with Gasteiger partial charge in [-0.15, -0.1) is 0 Å². The van der Waals surface area contributed by atoms with Gasteiger partial charge in [-0.3, -0.25) is 20.2 Å². The molecule has 1 aromatic carbocycles. The first kappa shape index (κ1) is 35.6. The molecule has 3 N–H and O–H groups in total. The summed E-state index contributed by atoms with van der Waals surface area (Å²) in [6.45, 7) is 18.0. The number of urea groups is 1. The molecular formula is C40H56N2O4. The van der Waals surface area contributed by atoms with Gasteiger partial charge in [-0.1, -0.05) is 114 Å². The molecule has 6 atom stereocenters. The van der Waals surface area contributed by atoms with Crippen molar-refractivity contribution in [1.82, 2.24) is 10.6 Å². The van der Waals surface area contributed by atoms with Crippen molar-refractivity contribution in [3.8, 4) is 0 Å². The van der Waals surface area contributed by atoms with E-state index in [1.807, 2.05) is 0 Å². The average molecular weight is 629 g/mol. The summed E-state index contributed by atoms with van der Waals surface area (Å²) >= 11 is 0. The average Bonchev–Trinajstić information content (AvgIpc) is 3.38. The van der Waals surface area contributed by atoms with Crippen LogP contribution in [-0.4, -0.2) is 29.1 Å². The number of carbonyl (C=O) groups is 3. The summed E-state index contributed by atoms with van der Waals surface area (Å²) in [6, 6.07) is 7.96. The van der Waals surface area contributed by atoms with E-state index in [0.29, 0.717) is 29.2 Å². The second-order valence-corrected chi connectivity index (χ2v) is 14.7. The smallest absolute Gasteiger partial charge is 0.328 e. The van der Waals surface area contributed by atoms with E-state index in [1.165, 1.54) is 43.3 Å². The predicted molar refractivity (Wildman–Crippen MR) is 186 cm³/mol. The zero-order chi connectivity index (χ0) is 33.6. The van der Waals surface area contributed by atoms with Gasteiger partial charge in [0, 0.05) is 0 Å². The first-order valence-corrected chi connectivity index (χ1v) is 17.5. The molecule has 4 aliphatic rings. The van der Waals surface area contributed by atoms with Crippen molar-refractivity contribution in [2.24, 2.45) is 35.0 Å². The van der Waals surface area contributed by atoms with Crippen LogP contribution in [0.25, 0.3) is 0 Å². The summed E-state index contributed by atoms with van der Waals surface area (Å²) in [5.41, 5.74) is 3.88. The molecule has 1 aromatic rings. The third kappa shape index (κ3) is 7.48. The summed E-state index contributed by atoms with van der Waals surface area (Å²) < 4.78 is 0. The maximum Gasteiger partial charge on any atom is 0.328 e. The zero-order valence-corrected chi connectivity index (χ0v) is 28.9. The molecule has 4 amide bonds. The van der Waals surface area contributed by atoms with Crippen LogP contribution < -0.4 is 10.6 Å². The van der Waals surface area contributed by atoms with Gasteiger partial charge in [0.05, 0.1) is 6.10 Å². The lowest BCUT2D eigenvalue weighted by Crippen LogP contribution is -2.64. The SMILES string of the molecule is C=C1CC[C@@H](O)C/C1=C/C=C1\CCC[C@]2(C)[C@@H]([C@H](C)/C=C/[C@H](C)C(C)C)CC[C@@H]12.CCC1(c2ccccc2)C(=O)NC(=O)NC1=O. The second kappa shape index (κ2) is 15.1. The van der Waals surface area contributed by atoms with E-state index in [1.54, 1.807) is 42.8 Å². The fourth-order valence-electron chi connectivity index (χ4n) is 8.31. The molecule has 0 unspecified atom stereocenters. The molecule has 1 saturated heterocycles. The van der Waals surface area contributed by atoms with Crippen LogP contribution in [0.5, 0.6) is 0 Å². The summed E-state index contributed by atoms with van der Waals surface area (Å²) in [7, 11) is 0. The lowest BCUT2D eigenvalue weighted by atomic mass is 9.61. The van der Waals surface area contributed by atoms with Crippen LogP contribution >= 0.6 is 0 Å². The van der Waals surface area contributed by atoms with Gasteiger partial charge in [0.15, 0.2) is 5.41 Å². The lowest BCUT2D eigenvalue weighted by molar-refractivity contribution is -0.138. The molecule has 6 heteroatoms. The Hall–Kier alpha value is -3.25. The van der Waals surface area contributed by atoms with Crippen LogP contribution in [0, 0.1) is 35.0 Å². The molecular weight excluding hydrogens is 572 g/mol. The highest BCUT2D eigenvalue weighted by molar-refractivity contribution is 6.22.